The molecular weight excluding hydrogens is 348 g/mol. The van der Waals surface area contributed by atoms with Crippen molar-refractivity contribution in [2.45, 2.75) is 25.8 Å². The van der Waals surface area contributed by atoms with Crippen LogP contribution in [0.1, 0.15) is 31.4 Å². The average Bonchev–Trinajstić information content (AvgIpc) is 3.18. The van der Waals surface area contributed by atoms with Gasteiger partial charge >= 0.3 is 12.0 Å². The summed E-state index contributed by atoms with van der Waals surface area (Å²) in [5.74, 6) is -0.903. The molecule has 2 aliphatic rings. The Morgan fingerprint density at radius 3 is 2.04 bits per heavy atom. The quantitative estimate of drug-likeness (QED) is 0.835. The molecule has 8 nitrogen and oxygen atoms in total. The van der Waals surface area contributed by atoms with Crippen molar-refractivity contribution < 1.29 is 19.5 Å². The number of nitrogens with one attached hydrogen (secondary N) is 1. The van der Waals surface area contributed by atoms with Crippen molar-refractivity contribution in [2.75, 3.05) is 44.6 Å². The van der Waals surface area contributed by atoms with Gasteiger partial charge in [-0.25, -0.2) is 4.79 Å². The van der Waals surface area contributed by atoms with E-state index in [-0.39, 0.29) is 11.9 Å². The summed E-state index contributed by atoms with van der Waals surface area (Å²) >= 11 is 0. The third kappa shape index (κ3) is 4.57. The van der Waals surface area contributed by atoms with Crippen LogP contribution in [0, 0.1) is 0 Å². The molecule has 0 bridgehead atoms. The number of rotatable bonds is 4. The van der Waals surface area contributed by atoms with Gasteiger partial charge in [-0.1, -0.05) is 12.1 Å². The summed E-state index contributed by atoms with van der Waals surface area (Å²) in [6.07, 6.45) is 2.06. The van der Waals surface area contributed by atoms with E-state index in [4.69, 9.17) is 0 Å². The number of hydrogen-bond donors (Lipinski definition) is 2. The van der Waals surface area contributed by atoms with Gasteiger partial charge in [-0.15, -0.1) is 0 Å². The van der Waals surface area contributed by atoms with Gasteiger partial charge in [-0.05, 0) is 30.5 Å². The van der Waals surface area contributed by atoms with E-state index in [0.29, 0.717) is 37.4 Å². The number of carbonyl (C=O) groups is 3. The van der Waals surface area contributed by atoms with Crippen molar-refractivity contribution in [3.8, 4) is 0 Å². The summed E-state index contributed by atoms with van der Waals surface area (Å²) in [6, 6.07) is 6.10. The third-order valence-corrected chi connectivity index (χ3v) is 5.23. The van der Waals surface area contributed by atoms with Crippen molar-refractivity contribution in [1.82, 2.24) is 14.7 Å². The second kappa shape index (κ2) is 8.39. The van der Waals surface area contributed by atoms with Crippen LogP contribution < -0.4 is 5.32 Å². The van der Waals surface area contributed by atoms with Gasteiger partial charge < -0.3 is 20.2 Å². The van der Waals surface area contributed by atoms with Gasteiger partial charge in [0.2, 0.25) is 5.91 Å². The highest BCUT2D eigenvalue weighted by Gasteiger charge is 2.30. The number of nitrogens with zero attached hydrogens (tertiary/aromatic N) is 3. The van der Waals surface area contributed by atoms with E-state index >= 15 is 0 Å². The number of carbonyl (C=O) groups excluding carboxylic acids is 2. The highest BCUT2D eigenvalue weighted by molar-refractivity contribution is 5.89. The van der Waals surface area contributed by atoms with Crippen LogP contribution in [-0.2, 0) is 9.59 Å². The second-order valence-electron chi connectivity index (χ2n) is 7.03. The molecule has 146 valence electrons. The van der Waals surface area contributed by atoms with Gasteiger partial charge in [0.05, 0.1) is 0 Å². The van der Waals surface area contributed by atoms with Gasteiger partial charge in [0, 0.05) is 51.9 Å². The molecule has 1 aromatic rings. The Kier molecular flexibility index (Phi) is 5.95. The van der Waals surface area contributed by atoms with Crippen LogP contribution in [0.5, 0.6) is 0 Å². The Bertz CT molecular complexity index is 692. The number of aliphatic carboxylic acids is 1. The highest BCUT2D eigenvalue weighted by Crippen LogP contribution is 2.24. The molecule has 2 saturated heterocycles. The van der Waals surface area contributed by atoms with E-state index in [1.165, 1.54) is 6.92 Å². The van der Waals surface area contributed by atoms with Crippen molar-refractivity contribution in [1.29, 1.82) is 0 Å². The number of urea groups is 1. The van der Waals surface area contributed by atoms with Crippen LogP contribution in [-0.4, -0.2) is 77.0 Å². The zero-order valence-corrected chi connectivity index (χ0v) is 15.6. The average molecular weight is 374 g/mol. The number of likely N-dealkylation sites (tertiary alicyclic amines) is 1. The first-order chi connectivity index (χ1) is 13.0. The Hall–Kier alpha value is -2.61. The topological polar surface area (TPSA) is 93.2 Å². The predicted molar refractivity (Wildman–Crippen MR) is 100 cm³/mol. The Morgan fingerprint density at radius 2 is 1.52 bits per heavy atom. The predicted octanol–water partition coefficient (Wildman–Crippen LogP) is 1.60. The molecule has 0 saturated carbocycles. The summed E-state index contributed by atoms with van der Waals surface area (Å²) < 4.78 is 0. The number of anilines is 1. The molecular formula is C19H26N4O4. The van der Waals surface area contributed by atoms with Crippen LogP contribution in [0.4, 0.5) is 10.5 Å². The zero-order valence-electron chi connectivity index (χ0n) is 15.6. The van der Waals surface area contributed by atoms with Crippen LogP contribution in [0.2, 0.25) is 0 Å². The summed E-state index contributed by atoms with van der Waals surface area (Å²) in [5.41, 5.74) is 1.32. The van der Waals surface area contributed by atoms with E-state index in [1.54, 1.807) is 34.1 Å². The van der Waals surface area contributed by atoms with Gasteiger partial charge in [0.1, 0.15) is 6.04 Å². The van der Waals surface area contributed by atoms with Gasteiger partial charge in [-0.3, -0.25) is 14.5 Å². The lowest BCUT2D eigenvalue weighted by atomic mass is 10.0. The van der Waals surface area contributed by atoms with Gasteiger partial charge in [0.15, 0.2) is 0 Å². The number of hydrogen-bond acceptors (Lipinski definition) is 4. The lowest BCUT2D eigenvalue weighted by molar-refractivity contribution is -0.145. The van der Waals surface area contributed by atoms with Crippen molar-refractivity contribution in [3.63, 3.8) is 0 Å². The third-order valence-electron chi connectivity index (χ3n) is 5.23. The number of benzene rings is 1. The molecule has 0 spiro atoms. The summed E-state index contributed by atoms with van der Waals surface area (Å²) in [7, 11) is 0. The largest absolute Gasteiger partial charge is 0.480 e. The second-order valence-corrected chi connectivity index (χ2v) is 7.03. The van der Waals surface area contributed by atoms with Crippen molar-refractivity contribution >= 4 is 23.6 Å². The molecule has 3 amide bonds. The zero-order chi connectivity index (χ0) is 19.4. The summed E-state index contributed by atoms with van der Waals surface area (Å²) in [5, 5.41) is 12.6. The molecule has 1 atom stereocenters. The summed E-state index contributed by atoms with van der Waals surface area (Å²) in [4.78, 5) is 40.8. The molecule has 2 N–H and O–H groups in total. The first kappa shape index (κ1) is 19.2. The molecule has 0 aliphatic carbocycles. The van der Waals surface area contributed by atoms with E-state index in [1.807, 2.05) is 4.90 Å². The number of piperazine rings is 1. The Labute approximate surface area is 158 Å². The summed E-state index contributed by atoms with van der Waals surface area (Å²) in [6.45, 7) is 5.17. The molecule has 2 fully saturated rings. The molecule has 1 aromatic carbocycles. The lowest BCUT2D eigenvalue weighted by Gasteiger charge is -2.37. The molecule has 0 radical (unpaired) electrons. The maximum absolute atomic E-state index is 12.2. The fourth-order valence-electron chi connectivity index (χ4n) is 3.68. The van der Waals surface area contributed by atoms with E-state index in [0.717, 1.165) is 25.9 Å². The molecule has 3 rings (SSSR count). The Morgan fingerprint density at radius 1 is 0.926 bits per heavy atom. The monoisotopic (exact) mass is 374 g/mol. The van der Waals surface area contributed by atoms with Crippen LogP contribution in [0.15, 0.2) is 24.3 Å². The Balaban J connectivity index is 1.65. The number of carboxylic acid groups (broad SMARTS) is 1. The fourth-order valence-corrected chi connectivity index (χ4v) is 3.68. The maximum atomic E-state index is 12.2. The van der Waals surface area contributed by atoms with E-state index in [9.17, 15) is 19.5 Å². The fraction of sp³-hybridized carbons (Fsp3) is 0.526. The first-order valence-electron chi connectivity index (χ1n) is 9.34. The lowest BCUT2D eigenvalue weighted by Crippen LogP contribution is -2.50. The minimum Gasteiger partial charge on any atom is -0.480 e. The van der Waals surface area contributed by atoms with E-state index < -0.39 is 12.0 Å². The standard InChI is InChI=1S/C19H26N4O4/c1-14(24)21-10-12-22(13-11-21)17(18(25)26)15-4-6-16(7-5-15)20-19(27)23-8-2-3-9-23/h4-7,17H,2-3,8-13H2,1H3,(H,20,27)(H,25,26). The minimum atomic E-state index is -0.917. The molecule has 8 heteroatoms. The highest BCUT2D eigenvalue weighted by atomic mass is 16.4. The maximum Gasteiger partial charge on any atom is 0.325 e. The first-order valence-corrected chi connectivity index (χ1v) is 9.34. The van der Waals surface area contributed by atoms with Crippen LogP contribution >= 0.6 is 0 Å². The molecule has 1 unspecified atom stereocenters. The van der Waals surface area contributed by atoms with Crippen LogP contribution in [0.25, 0.3) is 0 Å². The van der Waals surface area contributed by atoms with Crippen molar-refractivity contribution in [3.05, 3.63) is 29.8 Å². The van der Waals surface area contributed by atoms with Crippen molar-refractivity contribution in [2.24, 2.45) is 0 Å². The molecule has 2 heterocycles. The smallest absolute Gasteiger partial charge is 0.325 e. The van der Waals surface area contributed by atoms with Gasteiger partial charge in [0.25, 0.3) is 0 Å². The number of carboxylic acids is 1. The normalized spacial score (nSPS) is 19.0. The van der Waals surface area contributed by atoms with Crippen LogP contribution in [0.3, 0.4) is 0 Å². The molecule has 2 aliphatic heterocycles. The molecule has 27 heavy (non-hydrogen) atoms. The SMILES string of the molecule is CC(=O)N1CCN(C(C(=O)O)c2ccc(NC(=O)N3CCCC3)cc2)CC1. The minimum absolute atomic E-state index is 0.0135. The van der Waals surface area contributed by atoms with E-state index in [2.05, 4.69) is 5.32 Å². The van der Waals surface area contributed by atoms with Gasteiger partial charge in [-0.2, -0.15) is 0 Å². The molecule has 0 aromatic heterocycles. The number of amides is 3.